The topological polar surface area (TPSA) is 49.3 Å². The second kappa shape index (κ2) is 6.83. The highest BCUT2D eigenvalue weighted by molar-refractivity contribution is 7.10. The summed E-state index contributed by atoms with van der Waals surface area (Å²) in [5.74, 6) is -1.26. The van der Waals surface area contributed by atoms with Gasteiger partial charge in [-0.15, -0.1) is 11.3 Å². The van der Waals surface area contributed by atoms with E-state index >= 15 is 0 Å². The van der Waals surface area contributed by atoms with Crippen LogP contribution in [0.5, 0.6) is 0 Å². The highest BCUT2D eigenvalue weighted by Crippen LogP contribution is 2.23. The number of carbonyl (C=O) groups is 1. The molecule has 0 radical (unpaired) electrons. The van der Waals surface area contributed by atoms with Crippen molar-refractivity contribution in [1.82, 2.24) is 5.32 Å². The molecule has 0 amide bonds. The van der Waals surface area contributed by atoms with Gasteiger partial charge in [0.2, 0.25) is 0 Å². The lowest BCUT2D eigenvalue weighted by Gasteiger charge is -2.16. The Hall–Kier alpha value is -1.43. The first-order valence-corrected chi connectivity index (χ1v) is 7.24. The lowest BCUT2D eigenvalue weighted by molar-refractivity contribution is -0.137. The van der Waals surface area contributed by atoms with Crippen LogP contribution in [0.25, 0.3) is 0 Å². The van der Waals surface area contributed by atoms with Gasteiger partial charge in [-0.05, 0) is 29.6 Å². The molecule has 0 saturated heterocycles. The predicted octanol–water partition coefficient (Wildman–Crippen LogP) is 3.85. The minimum Gasteiger partial charge on any atom is -0.481 e. The summed E-state index contributed by atoms with van der Waals surface area (Å²) >= 11 is 7.30. The van der Waals surface area contributed by atoms with Gasteiger partial charge in [-0.2, -0.15) is 0 Å². The third-order valence-electron chi connectivity index (χ3n) is 2.81. The molecule has 106 valence electrons. The van der Waals surface area contributed by atoms with Crippen molar-refractivity contribution in [2.45, 2.75) is 19.0 Å². The Morgan fingerprint density at radius 3 is 2.90 bits per heavy atom. The molecule has 0 aliphatic heterocycles. The van der Waals surface area contributed by atoms with Gasteiger partial charge in [-0.3, -0.25) is 4.79 Å². The van der Waals surface area contributed by atoms with Gasteiger partial charge in [0, 0.05) is 22.0 Å². The minimum atomic E-state index is -0.900. The zero-order valence-electron chi connectivity index (χ0n) is 10.5. The van der Waals surface area contributed by atoms with Gasteiger partial charge in [0.1, 0.15) is 5.82 Å². The van der Waals surface area contributed by atoms with E-state index in [0.717, 1.165) is 4.88 Å². The van der Waals surface area contributed by atoms with Crippen LogP contribution < -0.4 is 5.32 Å². The molecule has 1 heterocycles. The maximum Gasteiger partial charge on any atom is 0.305 e. The van der Waals surface area contributed by atoms with Crippen molar-refractivity contribution in [3.63, 3.8) is 0 Å². The number of hydrogen-bond donors (Lipinski definition) is 2. The molecule has 6 heteroatoms. The van der Waals surface area contributed by atoms with Gasteiger partial charge < -0.3 is 10.4 Å². The molecule has 0 saturated carbocycles. The maximum absolute atomic E-state index is 13.6. The number of rotatable bonds is 6. The zero-order chi connectivity index (χ0) is 14.5. The molecular formula is C14H13ClFNO2S. The SMILES string of the molecule is O=C(O)CC(NCc1cc(Cl)ccc1F)c1cccs1. The van der Waals surface area contributed by atoms with Crippen LogP contribution in [0.1, 0.15) is 22.9 Å². The van der Waals surface area contributed by atoms with Crippen LogP contribution in [-0.2, 0) is 11.3 Å². The monoisotopic (exact) mass is 313 g/mol. The summed E-state index contributed by atoms with van der Waals surface area (Å²) < 4.78 is 13.6. The van der Waals surface area contributed by atoms with Crippen molar-refractivity contribution >= 4 is 28.9 Å². The number of aliphatic carboxylic acids is 1. The Balaban J connectivity index is 2.08. The predicted molar refractivity (Wildman–Crippen MR) is 77.6 cm³/mol. The first-order chi connectivity index (χ1) is 9.56. The highest BCUT2D eigenvalue weighted by atomic mass is 35.5. The summed E-state index contributed by atoms with van der Waals surface area (Å²) in [5.41, 5.74) is 0.421. The lowest BCUT2D eigenvalue weighted by atomic mass is 10.1. The largest absolute Gasteiger partial charge is 0.481 e. The fraction of sp³-hybridized carbons (Fsp3) is 0.214. The molecule has 3 nitrogen and oxygen atoms in total. The van der Waals surface area contributed by atoms with E-state index in [2.05, 4.69) is 5.32 Å². The van der Waals surface area contributed by atoms with Crippen LogP contribution in [-0.4, -0.2) is 11.1 Å². The van der Waals surface area contributed by atoms with E-state index in [4.69, 9.17) is 16.7 Å². The van der Waals surface area contributed by atoms with E-state index in [-0.39, 0.29) is 24.8 Å². The molecule has 2 aromatic rings. The van der Waals surface area contributed by atoms with Gasteiger partial charge in [0.25, 0.3) is 0 Å². The van der Waals surface area contributed by atoms with E-state index in [1.165, 1.54) is 29.5 Å². The Kier molecular flexibility index (Phi) is 5.11. The molecule has 0 bridgehead atoms. The Labute approximate surface area is 125 Å². The summed E-state index contributed by atoms with van der Waals surface area (Å²) in [5, 5.41) is 14.4. The molecule has 0 aliphatic carbocycles. The second-order valence-electron chi connectivity index (χ2n) is 4.28. The van der Waals surface area contributed by atoms with Crippen molar-refractivity contribution in [3.05, 3.63) is 57.0 Å². The molecular weight excluding hydrogens is 301 g/mol. The number of carboxylic acids is 1. The number of thiophene rings is 1. The third-order valence-corrected chi connectivity index (χ3v) is 4.03. The summed E-state index contributed by atoms with van der Waals surface area (Å²) in [4.78, 5) is 11.8. The molecule has 20 heavy (non-hydrogen) atoms. The van der Waals surface area contributed by atoms with Gasteiger partial charge >= 0.3 is 5.97 Å². The molecule has 0 aliphatic rings. The molecule has 1 aromatic carbocycles. The standard InChI is InChI=1S/C14H13ClFNO2S/c15-10-3-4-11(16)9(6-10)8-17-12(7-14(18)19)13-2-1-5-20-13/h1-6,12,17H,7-8H2,(H,18,19). The first kappa shape index (κ1) is 15.0. The van der Waals surface area contributed by atoms with Crippen LogP contribution in [0, 0.1) is 5.82 Å². The average Bonchev–Trinajstić information content (AvgIpc) is 2.91. The van der Waals surface area contributed by atoms with Crippen LogP contribution in [0.4, 0.5) is 4.39 Å². The minimum absolute atomic E-state index is 0.0529. The summed E-state index contributed by atoms with van der Waals surface area (Å²) in [7, 11) is 0. The number of nitrogens with one attached hydrogen (secondary N) is 1. The van der Waals surface area contributed by atoms with Crippen LogP contribution in [0.2, 0.25) is 5.02 Å². The van der Waals surface area contributed by atoms with Crippen LogP contribution >= 0.6 is 22.9 Å². The van der Waals surface area contributed by atoms with Crippen LogP contribution in [0.3, 0.4) is 0 Å². The van der Waals surface area contributed by atoms with Crippen LogP contribution in [0.15, 0.2) is 35.7 Å². The zero-order valence-corrected chi connectivity index (χ0v) is 12.0. The maximum atomic E-state index is 13.6. The molecule has 1 unspecified atom stereocenters. The number of carboxylic acid groups (broad SMARTS) is 1. The van der Waals surface area contributed by atoms with Crippen molar-refractivity contribution < 1.29 is 14.3 Å². The van der Waals surface area contributed by atoms with Crippen molar-refractivity contribution in [2.24, 2.45) is 0 Å². The first-order valence-electron chi connectivity index (χ1n) is 5.99. The van der Waals surface area contributed by atoms with Gasteiger partial charge in [0.15, 0.2) is 0 Å². The summed E-state index contributed by atoms with van der Waals surface area (Å²) in [6, 6.07) is 7.70. The molecule has 2 rings (SSSR count). The third kappa shape index (κ3) is 4.03. The fourth-order valence-electron chi connectivity index (χ4n) is 1.85. The Morgan fingerprint density at radius 1 is 1.45 bits per heavy atom. The smallest absolute Gasteiger partial charge is 0.305 e. The summed E-state index contributed by atoms with van der Waals surface area (Å²) in [6.07, 6.45) is -0.0529. The number of hydrogen-bond acceptors (Lipinski definition) is 3. The quantitative estimate of drug-likeness (QED) is 0.851. The highest BCUT2D eigenvalue weighted by Gasteiger charge is 2.16. The van der Waals surface area contributed by atoms with Gasteiger partial charge in [-0.25, -0.2) is 4.39 Å². The molecule has 2 N–H and O–H groups in total. The lowest BCUT2D eigenvalue weighted by Crippen LogP contribution is -2.23. The van der Waals surface area contributed by atoms with E-state index in [9.17, 15) is 9.18 Å². The normalized spacial score (nSPS) is 12.3. The molecule has 1 atom stereocenters. The fourth-order valence-corrected chi connectivity index (χ4v) is 2.85. The Morgan fingerprint density at radius 2 is 2.25 bits per heavy atom. The number of benzene rings is 1. The van der Waals surface area contributed by atoms with E-state index in [0.29, 0.717) is 10.6 Å². The summed E-state index contributed by atoms with van der Waals surface area (Å²) in [6.45, 7) is 0.224. The Bertz CT molecular complexity index is 589. The van der Waals surface area contributed by atoms with E-state index in [1.807, 2.05) is 17.5 Å². The van der Waals surface area contributed by atoms with Crippen molar-refractivity contribution in [3.8, 4) is 0 Å². The van der Waals surface area contributed by atoms with Gasteiger partial charge in [0.05, 0.1) is 12.5 Å². The second-order valence-corrected chi connectivity index (χ2v) is 5.70. The average molecular weight is 314 g/mol. The van der Waals surface area contributed by atoms with Crippen molar-refractivity contribution in [1.29, 1.82) is 0 Å². The molecule has 1 aromatic heterocycles. The molecule has 0 fully saturated rings. The van der Waals surface area contributed by atoms with E-state index < -0.39 is 5.97 Å². The van der Waals surface area contributed by atoms with Crippen molar-refractivity contribution in [2.75, 3.05) is 0 Å². The number of halogens is 2. The molecule has 0 spiro atoms. The van der Waals surface area contributed by atoms with Gasteiger partial charge in [-0.1, -0.05) is 17.7 Å². The van der Waals surface area contributed by atoms with E-state index in [1.54, 1.807) is 0 Å².